The van der Waals surface area contributed by atoms with Crippen LogP contribution in [0.4, 0.5) is 0 Å². The summed E-state index contributed by atoms with van der Waals surface area (Å²) in [6.07, 6.45) is 1.44. The molecule has 4 unspecified atom stereocenters. The van der Waals surface area contributed by atoms with Crippen LogP contribution in [-0.2, 0) is 15.6 Å². The van der Waals surface area contributed by atoms with Gasteiger partial charge in [-0.1, -0.05) is 116 Å². The maximum Gasteiger partial charge on any atom is 0.119 e. The minimum atomic E-state index is -0.695. The Kier molecular flexibility index (Phi) is 11.5. The van der Waals surface area contributed by atoms with Gasteiger partial charge < -0.3 is 24.1 Å². The molecule has 5 heteroatoms. The van der Waals surface area contributed by atoms with Gasteiger partial charge in [0.05, 0.1) is 19.3 Å². The van der Waals surface area contributed by atoms with E-state index in [-0.39, 0.29) is 23.5 Å². The zero-order chi connectivity index (χ0) is 35.2. The summed E-state index contributed by atoms with van der Waals surface area (Å²) in [7, 11) is 0. The largest absolute Gasteiger partial charge is 0.493 e. The molecule has 5 rings (SSSR count). The van der Waals surface area contributed by atoms with Gasteiger partial charge in [0.1, 0.15) is 36.6 Å². The molecule has 0 bridgehead atoms. The Bertz CT molecular complexity index is 1600. The van der Waals surface area contributed by atoms with E-state index >= 15 is 0 Å². The van der Waals surface area contributed by atoms with Crippen molar-refractivity contribution in [2.24, 2.45) is 5.41 Å². The fourth-order valence-corrected chi connectivity index (χ4v) is 6.11. The van der Waals surface area contributed by atoms with Gasteiger partial charge in [-0.15, -0.1) is 0 Å². The second kappa shape index (κ2) is 15.4. The van der Waals surface area contributed by atoms with Crippen LogP contribution >= 0.6 is 0 Å². The van der Waals surface area contributed by atoms with Crippen LogP contribution in [0.3, 0.4) is 0 Å². The second-order valence-electron chi connectivity index (χ2n) is 15.1. The molecule has 0 saturated carbocycles. The minimum absolute atomic E-state index is 0.135. The van der Waals surface area contributed by atoms with Gasteiger partial charge in [0, 0.05) is 16.2 Å². The van der Waals surface area contributed by atoms with Crippen molar-refractivity contribution in [1.29, 1.82) is 0 Å². The predicted molar refractivity (Wildman–Crippen MR) is 199 cm³/mol. The maximum atomic E-state index is 11.3. The number of ether oxygens (including phenoxy) is 4. The van der Waals surface area contributed by atoms with Gasteiger partial charge in [-0.25, -0.2) is 0 Å². The predicted octanol–water partition coefficient (Wildman–Crippen LogP) is 9.86. The lowest BCUT2D eigenvalue weighted by atomic mass is 9.77. The molecule has 0 spiro atoms. The van der Waals surface area contributed by atoms with Gasteiger partial charge in [0.2, 0.25) is 0 Å². The topological polar surface area (TPSA) is 60.5 Å². The molecule has 0 amide bonds. The Morgan fingerprint density at radius 3 is 1.47 bits per heavy atom. The number of hydrogen-bond acceptors (Lipinski definition) is 5. The van der Waals surface area contributed by atoms with E-state index in [0.29, 0.717) is 19.1 Å². The van der Waals surface area contributed by atoms with E-state index in [1.165, 1.54) is 27.8 Å². The van der Waals surface area contributed by atoms with Crippen LogP contribution < -0.4 is 14.2 Å². The van der Waals surface area contributed by atoms with Gasteiger partial charge in [-0.3, -0.25) is 0 Å². The highest BCUT2D eigenvalue weighted by atomic mass is 16.6. The molecule has 262 valence electrons. The third-order valence-corrected chi connectivity index (χ3v) is 11.0. The zero-order valence-corrected chi connectivity index (χ0v) is 30.8. The van der Waals surface area contributed by atoms with Gasteiger partial charge in [0.25, 0.3) is 0 Å². The van der Waals surface area contributed by atoms with Crippen molar-refractivity contribution in [1.82, 2.24) is 0 Å². The van der Waals surface area contributed by atoms with Crippen molar-refractivity contribution >= 4 is 0 Å². The summed E-state index contributed by atoms with van der Waals surface area (Å²) in [5.74, 6) is 2.96. The first-order valence-corrected chi connectivity index (χ1v) is 18.0. The molecule has 4 aromatic carbocycles. The fraction of sp³-hybridized carbons (Fsp3) is 0.455. The monoisotopic (exact) mass is 664 g/mol. The summed E-state index contributed by atoms with van der Waals surface area (Å²) in [6, 6.07) is 33.9. The van der Waals surface area contributed by atoms with Crippen LogP contribution in [-0.4, -0.2) is 43.7 Å². The number of benzene rings is 4. The maximum absolute atomic E-state index is 11.3. The van der Waals surface area contributed by atoms with E-state index in [4.69, 9.17) is 18.9 Å². The Labute approximate surface area is 294 Å². The van der Waals surface area contributed by atoms with E-state index in [2.05, 4.69) is 116 Å². The van der Waals surface area contributed by atoms with E-state index in [0.717, 1.165) is 36.7 Å². The molecule has 4 atom stereocenters. The van der Waals surface area contributed by atoms with E-state index in [1.807, 2.05) is 36.4 Å². The standard InChI is InChI=1S/C44H56O5/c1-9-31(3)32-11-13-33(14-12-32)42(4,5)34-17-23-38(24-18-34)48-29-41(45)44(8,10-2)30-49-39-25-19-36(20-26-39)43(6,7)35-15-21-37(22-16-35)46-27-40-28-47-40/h11-26,31,40-41,45H,9-10,27-30H2,1-8H3. The smallest absolute Gasteiger partial charge is 0.119 e. The highest BCUT2D eigenvalue weighted by Crippen LogP contribution is 2.36. The first kappa shape index (κ1) is 36.5. The van der Waals surface area contributed by atoms with E-state index < -0.39 is 11.5 Å². The molecule has 1 aliphatic heterocycles. The highest BCUT2D eigenvalue weighted by molar-refractivity contribution is 5.43. The molecule has 1 aliphatic rings. The van der Waals surface area contributed by atoms with Crippen molar-refractivity contribution in [3.8, 4) is 17.2 Å². The third-order valence-electron chi connectivity index (χ3n) is 11.0. The minimum Gasteiger partial charge on any atom is -0.493 e. The average molecular weight is 665 g/mol. The number of epoxide rings is 1. The first-order chi connectivity index (χ1) is 23.4. The SMILES string of the molecule is CCC(C)c1ccc(C(C)(C)c2ccc(OCC(O)C(C)(CC)COc3ccc(C(C)(C)c4ccc(OCC5CO5)cc4)cc3)cc2)cc1. The molecule has 1 saturated heterocycles. The zero-order valence-electron chi connectivity index (χ0n) is 30.8. The van der Waals surface area contributed by atoms with Crippen LogP contribution in [0.5, 0.6) is 17.2 Å². The van der Waals surface area contributed by atoms with Crippen LogP contribution in [0.2, 0.25) is 0 Å². The number of rotatable bonds is 17. The van der Waals surface area contributed by atoms with Crippen LogP contribution in [0.15, 0.2) is 97.1 Å². The quantitative estimate of drug-likeness (QED) is 0.114. The normalized spacial score (nSPS) is 17.1. The van der Waals surface area contributed by atoms with Gasteiger partial charge in [-0.2, -0.15) is 0 Å². The molecule has 1 heterocycles. The first-order valence-electron chi connectivity index (χ1n) is 18.0. The number of aliphatic hydroxyl groups excluding tert-OH is 1. The number of aliphatic hydroxyl groups is 1. The van der Waals surface area contributed by atoms with E-state index in [9.17, 15) is 5.11 Å². The fourth-order valence-electron chi connectivity index (χ4n) is 6.11. The molecule has 0 aromatic heterocycles. The summed E-state index contributed by atoms with van der Waals surface area (Å²) >= 11 is 0. The Balaban J connectivity index is 1.13. The van der Waals surface area contributed by atoms with Crippen molar-refractivity contribution in [2.75, 3.05) is 26.4 Å². The van der Waals surface area contributed by atoms with Crippen molar-refractivity contribution in [3.05, 3.63) is 125 Å². The highest BCUT2D eigenvalue weighted by Gasteiger charge is 2.33. The molecule has 5 nitrogen and oxygen atoms in total. The molecule has 0 aliphatic carbocycles. The lowest BCUT2D eigenvalue weighted by Crippen LogP contribution is -2.41. The summed E-state index contributed by atoms with van der Waals surface area (Å²) in [6.45, 7) is 19.6. The second-order valence-corrected chi connectivity index (χ2v) is 15.1. The van der Waals surface area contributed by atoms with Crippen molar-refractivity contribution in [2.45, 2.75) is 97.2 Å². The lowest BCUT2D eigenvalue weighted by Gasteiger charge is -2.33. The summed E-state index contributed by atoms with van der Waals surface area (Å²) < 4.78 is 23.4. The Morgan fingerprint density at radius 2 is 1.06 bits per heavy atom. The molecule has 1 fully saturated rings. The summed E-state index contributed by atoms with van der Waals surface area (Å²) in [5.41, 5.74) is 5.51. The van der Waals surface area contributed by atoms with Crippen LogP contribution in [0.25, 0.3) is 0 Å². The number of hydrogen-bond donors (Lipinski definition) is 1. The van der Waals surface area contributed by atoms with E-state index in [1.54, 1.807) is 0 Å². The lowest BCUT2D eigenvalue weighted by molar-refractivity contribution is -0.0265. The third kappa shape index (κ3) is 8.87. The molecule has 4 aromatic rings. The van der Waals surface area contributed by atoms with Gasteiger partial charge >= 0.3 is 0 Å². The summed E-state index contributed by atoms with van der Waals surface area (Å²) in [5, 5.41) is 11.3. The summed E-state index contributed by atoms with van der Waals surface area (Å²) in [4.78, 5) is 0. The molecule has 0 radical (unpaired) electrons. The molecule has 1 N–H and O–H groups in total. The van der Waals surface area contributed by atoms with Crippen LogP contribution in [0, 0.1) is 5.41 Å². The molecule has 49 heavy (non-hydrogen) atoms. The van der Waals surface area contributed by atoms with Crippen molar-refractivity contribution in [3.63, 3.8) is 0 Å². The van der Waals surface area contributed by atoms with Gasteiger partial charge in [-0.05, 0) is 83.0 Å². The van der Waals surface area contributed by atoms with Crippen molar-refractivity contribution < 1.29 is 24.1 Å². The van der Waals surface area contributed by atoms with Crippen LogP contribution in [0.1, 0.15) is 102 Å². The van der Waals surface area contributed by atoms with Gasteiger partial charge in [0.15, 0.2) is 0 Å². The average Bonchev–Trinajstić information content (AvgIpc) is 3.97. The Hall–Kier alpha value is -3.80. The molecular weight excluding hydrogens is 608 g/mol. The Morgan fingerprint density at radius 1 is 0.653 bits per heavy atom. The molecular formula is C44H56O5.